The second-order valence-electron chi connectivity index (χ2n) is 8.64. The number of hydrogen-bond donors (Lipinski definition) is 0. The van der Waals surface area contributed by atoms with Crippen molar-refractivity contribution in [3.8, 4) is 17.0 Å². The number of ether oxygens (including phenoxy) is 2. The van der Waals surface area contributed by atoms with Crippen LogP contribution in [-0.4, -0.2) is 35.2 Å². The Labute approximate surface area is 183 Å². The van der Waals surface area contributed by atoms with Gasteiger partial charge < -0.3 is 18.5 Å². The Kier molecular flexibility index (Phi) is 5.83. The van der Waals surface area contributed by atoms with E-state index >= 15 is 0 Å². The minimum Gasteiger partial charge on any atom is -0.497 e. The Balaban J connectivity index is 1.44. The molecule has 3 aromatic rings. The minimum absolute atomic E-state index is 0.513. The lowest BCUT2D eigenvalue weighted by atomic mass is 10.1. The molecule has 1 aliphatic heterocycles. The number of nitrogens with zero attached hydrogens (tertiary/aromatic N) is 3. The average molecular weight is 422 g/mol. The van der Waals surface area contributed by atoms with Gasteiger partial charge in [-0.25, -0.2) is 4.98 Å². The number of benzene rings is 1. The molecule has 0 amide bonds. The van der Waals surface area contributed by atoms with Gasteiger partial charge in [0.05, 0.1) is 25.0 Å². The van der Waals surface area contributed by atoms with Crippen molar-refractivity contribution < 1.29 is 13.9 Å². The van der Waals surface area contributed by atoms with E-state index in [0.29, 0.717) is 12.5 Å². The van der Waals surface area contributed by atoms with Crippen molar-refractivity contribution in [2.24, 2.45) is 0 Å². The van der Waals surface area contributed by atoms with Gasteiger partial charge in [0, 0.05) is 38.2 Å². The number of furan rings is 1. The van der Waals surface area contributed by atoms with E-state index in [0.717, 1.165) is 54.7 Å². The molecule has 6 nitrogen and oxygen atoms in total. The molecule has 0 spiro atoms. The highest BCUT2D eigenvalue weighted by Gasteiger charge is 2.30. The van der Waals surface area contributed by atoms with E-state index in [4.69, 9.17) is 18.9 Å². The summed E-state index contributed by atoms with van der Waals surface area (Å²) in [6.07, 6.45) is 5.16. The van der Waals surface area contributed by atoms with Crippen LogP contribution >= 0.6 is 0 Å². The maximum atomic E-state index is 5.94. The van der Waals surface area contributed by atoms with E-state index in [1.807, 2.05) is 18.2 Å². The first-order valence-corrected chi connectivity index (χ1v) is 11.3. The fraction of sp³-hybridized carbons (Fsp3) is 0.480. The van der Waals surface area contributed by atoms with E-state index in [9.17, 15) is 0 Å². The summed E-state index contributed by atoms with van der Waals surface area (Å²) in [5.74, 6) is 4.63. The maximum Gasteiger partial charge on any atom is 0.129 e. The van der Waals surface area contributed by atoms with Crippen LogP contribution in [0.15, 0.2) is 40.8 Å². The molecule has 0 N–H and O–H groups in total. The van der Waals surface area contributed by atoms with Gasteiger partial charge in [-0.15, -0.1) is 0 Å². The van der Waals surface area contributed by atoms with Crippen LogP contribution < -0.4 is 4.74 Å². The Hall–Kier alpha value is -2.57. The van der Waals surface area contributed by atoms with E-state index in [2.05, 4.69) is 27.7 Å². The lowest BCUT2D eigenvalue weighted by molar-refractivity contribution is 0.155. The monoisotopic (exact) mass is 421 g/mol. The van der Waals surface area contributed by atoms with Crippen LogP contribution in [0.1, 0.15) is 54.6 Å². The molecule has 0 saturated heterocycles. The summed E-state index contributed by atoms with van der Waals surface area (Å²) in [7, 11) is 3.40. The van der Waals surface area contributed by atoms with Crippen molar-refractivity contribution in [3.05, 3.63) is 59.4 Å². The normalized spacial score (nSPS) is 17.2. The number of aromatic nitrogens is 2. The number of imidazole rings is 1. The van der Waals surface area contributed by atoms with Crippen molar-refractivity contribution >= 4 is 0 Å². The lowest BCUT2D eigenvalue weighted by Gasteiger charge is -2.29. The molecule has 2 aliphatic rings. The molecule has 1 aromatic carbocycles. The third-order valence-corrected chi connectivity index (χ3v) is 6.58. The van der Waals surface area contributed by atoms with Crippen LogP contribution in [0.3, 0.4) is 0 Å². The second-order valence-corrected chi connectivity index (χ2v) is 8.64. The third kappa shape index (κ3) is 4.14. The minimum atomic E-state index is 0.513. The van der Waals surface area contributed by atoms with Gasteiger partial charge in [-0.05, 0) is 49.2 Å². The second kappa shape index (κ2) is 8.89. The van der Waals surface area contributed by atoms with Crippen LogP contribution in [0, 0.1) is 0 Å². The molecule has 2 aromatic heterocycles. The van der Waals surface area contributed by atoms with E-state index in [1.165, 1.54) is 37.2 Å². The zero-order chi connectivity index (χ0) is 21.2. The molecule has 5 rings (SSSR count). The summed E-state index contributed by atoms with van der Waals surface area (Å²) in [5.41, 5.74) is 3.60. The lowest BCUT2D eigenvalue weighted by Crippen LogP contribution is -2.34. The van der Waals surface area contributed by atoms with Gasteiger partial charge in [-0.2, -0.15) is 0 Å². The van der Waals surface area contributed by atoms with Gasteiger partial charge in [-0.1, -0.05) is 12.8 Å². The summed E-state index contributed by atoms with van der Waals surface area (Å²) in [4.78, 5) is 7.68. The number of hydrogen-bond acceptors (Lipinski definition) is 5. The Morgan fingerprint density at radius 3 is 2.52 bits per heavy atom. The SMILES string of the molecule is COCc1ccc(CN2CCn3c(C4CCCC4)nc(-c4ccc(OC)cc4)c3C2)o1. The smallest absolute Gasteiger partial charge is 0.129 e. The standard InChI is InChI=1S/C25H31N3O3/c1-29-17-22-12-11-21(31-22)15-27-13-14-28-23(16-27)24(18-7-9-20(30-2)10-8-18)26-25(28)19-5-3-4-6-19/h7-12,19H,3-6,13-17H2,1-2H3. The van der Waals surface area contributed by atoms with Crippen molar-refractivity contribution in [1.29, 1.82) is 0 Å². The first kappa shape index (κ1) is 20.3. The molecule has 1 aliphatic carbocycles. The predicted molar refractivity (Wildman–Crippen MR) is 119 cm³/mol. The van der Waals surface area contributed by atoms with Gasteiger partial charge in [0.1, 0.15) is 29.7 Å². The quantitative estimate of drug-likeness (QED) is 0.539. The molecule has 1 saturated carbocycles. The highest BCUT2D eigenvalue weighted by molar-refractivity contribution is 5.64. The van der Waals surface area contributed by atoms with Crippen molar-refractivity contribution in [1.82, 2.24) is 14.5 Å². The molecule has 0 unspecified atom stereocenters. The number of rotatable bonds is 7. The van der Waals surface area contributed by atoms with Gasteiger partial charge >= 0.3 is 0 Å². The molecular formula is C25H31N3O3. The van der Waals surface area contributed by atoms with E-state index in [-0.39, 0.29) is 0 Å². The number of methoxy groups -OCH3 is 2. The molecule has 0 atom stereocenters. The van der Waals surface area contributed by atoms with Crippen LogP contribution in [-0.2, 0) is 31.0 Å². The molecule has 0 bridgehead atoms. The van der Waals surface area contributed by atoms with E-state index in [1.54, 1.807) is 14.2 Å². The molecule has 0 radical (unpaired) electrons. The predicted octanol–water partition coefficient (Wildman–Crippen LogP) is 4.97. The largest absolute Gasteiger partial charge is 0.497 e. The highest BCUT2D eigenvalue weighted by Crippen LogP contribution is 2.38. The average Bonchev–Trinajstić information content (AvgIpc) is 3.54. The van der Waals surface area contributed by atoms with E-state index < -0.39 is 0 Å². The number of fused-ring (bicyclic) bond motifs is 1. The zero-order valence-corrected chi connectivity index (χ0v) is 18.5. The van der Waals surface area contributed by atoms with Crippen LogP contribution in [0.4, 0.5) is 0 Å². The van der Waals surface area contributed by atoms with Gasteiger partial charge in [0.25, 0.3) is 0 Å². The molecule has 6 heteroatoms. The van der Waals surface area contributed by atoms with Gasteiger partial charge in [0.15, 0.2) is 0 Å². The fourth-order valence-corrected chi connectivity index (χ4v) is 5.01. The summed E-state index contributed by atoms with van der Waals surface area (Å²) in [6.45, 7) is 4.18. The Morgan fingerprint density at radius 2 is 1.77 bits per heavy atom. The van der Waals surface area contributed by atoms with Crippen molar-refractivity contribution in [2.45, 2.75) is 57.8 Å². The van der Waals surface area contributed by atoms with Gasteiger partial charge in [0.2, 0.25) is 0 Å². The zero-order valence-electron chi connectivity index (χ0n) is 18.5. The fourth-order valence-electron chi connectivity index (χ4n) is 5.01. The molecule has 164 valence electrons. The first-order valence-electron chi connectivity index (χ1n) is 11.3. The Morgan fingerprint density at radius 1 is 1.00 bits per heavy atom. The maximum absolute atomic E-state index is 5.94. The topological polar surface area (TPSA) is 52.7 Å². The molecular weight excluding hydrogens is 390 g/mol. The van der Waals surface area contributed by atoms with Gasteiger partial charge in [-0.3, -0.25) is 4.90 Å². The summed E-state index contributed by atoms with van der Waals surface area (Å²) in [6, 6.07) is 12.4. The first-order chi connectivity index (χ1) is 15.2. The summed E-state index contributed by atoms with van der Waals surface area (Å²) < 4.78 is 19.0. The van der Waals surface area contributed by atoms with Crippen molar-refractivity contribution in [3.63, 3.8) is 0 Å². The summed E-state index contributed by atoms with van der Waals surface area (Å²) in [5, 5.41) is 0. The highest BCUT2D eigenvalue weighted by atomic mass is 16.5. The summed E-state index contributed by atoms with van der Waals surface area (Å²) >= 11 is 0. The Bertz CT molecular complexity index is 1020. The molecule has 31 heavy (non-hydrogen) atoms. The van der Waals surface area contributed by atoms with Crippen LogP contribution in [0.2, 0.25) is 0 Å². The molecule has 1 fully saturated rings. The van der Waals surface area contributed by atoms with Crippen LogP contribution in [0.25, 0.3) is 11.3 Å². The molecule has 3 heterocycles. The third-order valence-electron chi connectivity index (χ3n) is 6.58. The van der Waals surface area contributed by atoms with Crippen LogP contribution in [0.5, 0.6) is 5.75 Å². The van der Waals surface area contributed by atoms with Crippen molar-refractivity contribution in [2.75, 3.05) is 20.8 Å².